The topological polar surface area (TPSA) is 66.9 Å². The number of piperidine rings is 1. The number of nitrogens with zero attached hydrogens (tertiary/aromatic N) is 2. The Kier molecular flexibility index (Phi) is 3.82. The van der Waals surface area contributed by atoms with E-state index in [0.29, 0.717) is 6.54 Å². The Bertz CT molecular complexity index is 335. The van der Waals surface area contributed by atoms with Gasteiger partial charge in [-0.25, -0.2) is 0 Å². The number of aromatic nitrogens is 2. The van der Waals surface area contributed by atoms with E-state index in [1.807, 2.05) is 12.1 Å². The molecule has 2 rings (SSSR count). The summed E-state index contributed by atoms with van der Waals surface area (Å²) in [5.74, 6) is 0.0605. The van der Waals surface area contributed by atoms with E-state index < -0.39 is 0 Å². The molecular formula is C11H16N4O. The molecule has 0 spiro atoms. The lowest BCUT2D eigenvalue weighted by molar-refractivity contribution is -0.123. The van der Waals surface area contributed by atoms with E-state index in [9.17, 15) is 4.79 Å². The van der Waals surface area contributed by atoms with Crippen LogP contribution in [0.15, 0.2) is 18.3 Å². The lowest BCUT2D eigenvalue weighted by atomic mass is 10.0. The molecule has 0 radical (unpaired) electrons. The summed E-state index contributed by atoms with van der Waals surface area (Å²) in [5, 5.41) is 13.7. The third kappa shape index (κ3) is 3.00. The van der Waals surface area contributed by atoms with Gasteiger partial charge in [0, 0.05) is 6.20 Å². The van der Waals surface area contributed by atoms with E-state index in [-0.39, 0.29) is 11.9 Å². The van der Waals surface area contributed by atoms with E-state index >= 15 is 0 Å². The summed E-state index contributed by atoms with van der Waals surface area (Å²) >= 11 is 0. The molecule has 0 saturated carbocycles. The van der Waals surface area contributed by atoms with Crippen molar-refractivity contribution in [2.24, 2.45) is 0 Å². The van der Waals surface area contributed by atoms with E-state index in [1.165, 1.54) is 0 Å². The Morgan fingerprint density at radius 2 is 2.50 bits per heavy atom. The van der Waals surface area contributed by atoms with E-state index in [0.717, 1.165) is 31.5 Å². The monoisotopic (exact) mass is 220 g/mol. The predicted octanol–water partition coefficient (Wildman–Crippen LogP) is 0.235. The maximum Gasteiger partial charge on any atom is 0.237 e. The van der Waals surface area contributed by atoms with Gasteiger partial charge < -0.3 is 10.6 Å². The molecule has 1 amide bonds. The SMILES string of the molecule is O=C(NCc1cccnn1)[C@@H]1CCCCN1. The van der Waals surface area contributed by atoms with Crippen LogP contribution in [0, 0.1) is 0 Å². The maximum atomic E-state index is 11.7. The Balaban J connectivity index is 1.79. The van der Waals surface area contributed by atoms with Gasteiger partial charge in [-0.05, 0) is 31.5 Å². The zero-order chi connectivity index (χ0) is 11.2. The van der Waals surface area contributed by atoms with Gasteiger partial charge >= 0.3 is 0 Å². The molecule has 1 aromatic rings. The van der Waals surface area contributed by atoms with Crippen LogP contribution in [-0.2, 0) is 11.3 Å². The fourth-order valence-electron chi connectivity index (χ4n) is 1.80. The van der Waals surface area contributed by atoms with Gasteiger partial charge in [-0.3, -0.25) is 4.79 Å². The second-order valence-corrected chi connectivity index (χ2v) is 3.94. The molecule has 1 fully saturated rings. The molecule has 0 unspecified atom stereocenters. The number of amides is 1. The van der Waals surface area contributed by atoms with E-state index in [2.05, 4.69) is 20.8 Å². The molecule has 0 bridgehead atoms. The third-order valence-electron chi connectivity index (χ3n) is 2.70. The Morgan fingerprint density at radius 1 is 1.56 bits per heavy atom. The van der Waals surface area contributed by atoms with Crippen molar-refractivity contribution in [2.75, 3.05) is 6.54 Å². The van der Waals surface area contributed by atoms with E-state index in [4.69, 9.17) is 0 Å². The number of rotatable bonds is 3. The Labute approximate surface area is 94.6 Å². The van der Waals surface area contributed by atoms with Crippen LogP contribution in [-0.4, -0.2) is 28.7 Å². The number of carbonyl (C=O) groups excluding carboxylic acids is 1. The first kappa shape index (κ1) is 11.0. The van der Waals surface area contributed by atoms with Gasteiger partial charge in [0.15, 0.2) is 0 Å². The summed E-state index contributed by atoms with van der Waals surface area (Å²) in [7, 11) is 0. The molecule has 1 aliphatic rings. The maximum absolute atomic E-state index is 11.7. The minimum Gasteiger partial charge on any atom is -0.349 e. The normalized spacial score (nSPS) is 20.4. The third-order valence-corrected chi connectivity index (χ3v) is 2.70. The Hall–Kier alpha value is -1.49. The molecule has 1 atom stereocenters. The summed E-state index contributed by atoms with van der Waals surface area (Å²) in [6.45, 7) is 1.38. The first-order chi connectivity index (χ1) is 7.86. The van der Waals surface area contributed by atoms with Gasteiger partial charge in [-0.15, -0.1) is 0 Å². The smallest absolute Gasteiger partial charge is 0.237 e. The van der Waals surface area contributed by atoms with Crippen LogP contribution in [0.3, 0.4) is 0 Å². The summed E-state index contributed by atoms with van der Waals surface area (Å²) in [6, 6.07) is 3.62. The number of carbonyl (C=O) groups is 1. The number of nitrogens with one attached hydrogen (secondary N) is 2. The molecule has 5 heteroatoms. The van der Waals surface area contributed by atoms with Gasteiger partial charge in [-0.1, -0.05) is 6.42 Å². The Morgan fingerprint density at radius 3 is 3.19 bits per heavy atom. The van der Waals surface area contributed by atoms with Crippen LogP contribution in [0.1, 0.15) is 25.0 Å². The van der Waals surface area contributed by atoms with Crippen molar-refractivity contribution < 1.29 is 4.79 Å². The standard InChI is InChI=1S/C11H16N4O/c16-11(10-5-1-2-6-12-10)13-8-9-4-3-7-14-15-9/h3-4,7,10,12H,1-2,5-6,8H2,(H,13,16)/t10-/m0/s1. The van der Waals surface area contributed by atoms with Crippen molar-refractivity contribution in [3.8, 4) is 0 Å². The number of hydrogen-bond donors (Lipinski definition) is 2. The van der Waals surface area contributed by atoms with Crippen molar-refractivity contribution in [3.05, 3.63) is 24.0 Å². The highest BCUT2D eigenvalue weighted by Gasteiger charge is 2.19. The lowest BCUT2D eigenvalue weighted by Gasteiger charge is -2.22. The lowest BCUT2D eigenvalue weighted by Crippen LogP contribution is -2.46. The molecule has 1 aliphatic heterocycles. The minimum absolute atomic E-state index is 0.0366. The quantitative estimate of drug-likeness (QED) is 0.765. The highest BCUT2D eigenvalue weighted by molar-refractivity contribution is 5.81. The molecule has 5 nitrogen and oxygen atoms in total. The average Bonchev–Trinajstić information content (AvgIpc) is 2.38. The van der Waals surface area contributed by atoms with Crippen LogP contribution in [0.2, 0.25) is 0 Å². The van der Waals surface area contributed by atoms with Crippen molar-refractivity contribution >= 4 is 5.91 Å². The summed E-state index contributed by atoms with van der Waals surface area (Å²) in [5.41, 5.74) is 0.784. The fraction of sp³-hybridized carbons (Fsp3) is 0.545. The van der Waals surface area contributed by atoms with Crippen LogP contribution in [0.5, 0.6) is 0 Å². The molecule has 0 aromatic carbocycles. The molecule has 1 aromatic heterocycles. The van der Waals surface area contributed by atoms with Crippen LogP contribution >= 0.6 is 0 Å². The molecule has 0 aliphatic carbocycles. The van der Waals surface area contributed by atoms with Crippen LogP contribution in [0.4, 0.5) is 0 Å². The molecule has 16 heavy (non-hydrogen) atoms. The molecular weight excluding hydrogens is 204 g/mol. The van der Waals surface area contributed by atoms with Crippen molar-refractivity contribution in [3.63, 3.8) is 0 Å². The van der Waals surface area contributed by atoms with Crippen LogP contribution < -0.4 is 10.6 Å². The highest BCUT2D eigenvalue weighted by Crippen LogP contribution is 2.06. The van der Waals surface area contributed by atoms with Gasteiger partial charge in [0.2, 0.25) is 5.91 Å². The average molecular weight is 220 g/mol. The first-order valence-electron chi connectivity index (χ1n) is 5.64. The van der Waals surface area contributed by atoms with Crippen molar-refractivity contribution in [1.82, 2.24) is 20.8 Å². The van der Waals surface area contributed by atoms with Gasteiger partial charge in [0.05, 0.1) is 18.3 Å². The fourth-order valence-corrected chi connectivity index (χ4v) is 1.80. The zero-order valence-corrected chi connectivity index (χ0v) is 9.15. The van der Waals surface area contributed by atoms with Gasteiger partial charge in [-0.2, -0.15) is 10.2 Å². The van der Waals surface area contributed by atoms with Crippen LogP contribution in [0.25, 0.3) is 0 Å². The van der Waals surface area contributed by atoms with Crippen molar-refractivity contribution in [1.29, 1.82) is 0 Å². The highest BCUT2D eigenvalue weighted by atomic mass is 16.2. The van der Waals surface area contributed by atoms with Crippen molar-refractivity contribution in [2.45, 2.75) is 31.8 Å². The second-order valence-electron chi connectivity index (χ2n) is 3.94. The summed E-state index contributed by atoms with van der Waals surface area (Å²) in [4.78, 5) is 11.7. The molecule has 2 heterocycles. The summed E-state index contributed by atoms with van der Waals surface area (Å²) < 4.78 is 0. The first-order valence-corrected chi connectivity index (χ1v) is 5.64. The second kappa shape index (κ2) is 5.55. The predicted molar refractivity (Wildman–Crippen MR) is 59.5 cm³/mol. The minimum atomic E-state index is -0.0366. The van der Waals surface area contributed by atoms with Gasteiger partial charge in [0.25, 0.3) is 0 Å². The largest absolute Gasteiger partial charge is 0.349 e. The molecule has 2 N–H and O–H groups in total. The zero-order valence-electron chi connectivity index (χ0n) is 9.15. The number of hydrogen-bond acceptors (Lipinski definition) is 4. The molecule has 86 valence electrons. The summed E-state index contributed by atoms with van der Waals surface area (Å²) in [6.07, 6.45) is 4.82. The van der Waals surface area contributed by atoms with E-state index in [1.54, 1.807) is 6.20 Å². The van der Waals surface area contributed by atoms with Gasteiger partial charge in [0.1, 0.15) is 0 Å². The molecule has 1 saturated heterocycles.